The summed E-state index contributed by atoms with van der Waals surface area (Å²) in [7, 11) is 0. The zero-order chi connectivity index (χ0) is 10.2. The lowest BCUT2D eigenvalue weighted by Crippen LogP contribution is -2.07. The Morgan fingerprint density at radius 1 is 1.43 bits per heavy atom. The van der Waals surface area contributed by atoms with E-state index in [4.69, 9.17) is 4.74 Å². The van der Waals surface area contributed by atoms with Crippen LogP contribution >= 0.6 is 0 Å². The molecule has 0 bridgehead atoms. The molecule has 0 fully saturated rings. The lowest BCUT2D eigenvalue weighted by atomic mass is 10.1. The molecule has 0 radical (unpaired) electrons. The fourth-order valence-corrected chi connectivity index (χ4v) is 1.15. The summed E-state index contributed by atoms with van der Waals surface area (Å²) in [5.41, 5.74) is 1.02. The molecule has 0 saturated heterocycles. The van der Waals surface area contributed by atoms with Crippen LogP contribution < -0.4 is 0 Å². The van der Waals surface area contributed by atoms with Crippen LogP contribution in [0.2, 0.25) is 0 Å². The van der Waals surface area contributed by atoms with Crippen LogP contribution in [0.1, 0.15) is 18.9 Å². The van der Waals surface area contributed by atoms with Gasteiger partial charge in [-0.3, -0.25) is 9.78 Å². The van der Waals surface area contributed by atoms with Crippen molar-refractivity contribution in [3.63, 3.8) is 0 Å². The zero-order valence-electron chi connectivity index (χ0n) is 8.40. The maximum atomic E-state index is 11.4. The lowest BCUT2D eigenvalue weighted by molar-refractivity contribution is -0.119. The maximum absolute atomic E-state index is 11.4. The fraction of sp³-hybridized carbons (Fsp3) is 0.455. The van der Waals surface area contributed by atoms with Crippen LogP contribution in [0, 0.1) is 0 Å². The molecule has 0 aliphatic carbocycles. The van der Waals surface area contributed by atoms with Crippen molar-refractivity contribution < 1.29 is 9.53 Å². The highest BCUT2D eigenvalue weighted by Gasteiger charge is 2.02. The van der Waals surface area contributed by atoms with Crippen molar-refractivity contribution in [2.45, 2.75) is 19.8 Å². The molecule has 0 saturated carbocycles. The number of ether oxygens (including phenoxy) is 1. The number of nitrogens with zero attached hydrogens (tertiary/aromatic N) is 1. The normalized spacial score (nSPS) is 10.1. The van der Waals surface area contributed by atoms with Crippen LogP contribution in [0.15, 0.2) is 24.5 Å². The van der Waals surface area contributed by atoms with Crippen LogP contribution in [0.3, 0.4) is 0 Å². The largest absolute Gasteiger partial charge is 0.381 e. The van der Waals surface area contributed by atoms with Gasteiger partial charge in [0, 0.05) is 31.8 Å². The molecule has 0 aliphatic rings. The molecule has 0 aliphatic heterocycles. The average Bonchev–Trinajstić information content (AvgIpc) is 2.20. The molecule has 0 unspecified atom stereocenters. The van der Waals surface area contributed by atoms with Crippen molar-refractivity contribution in [3.05, 3.63) is 30.1 Å². The van der Waals surface area contributed by atoms with Gasteiger partial charge in [-0.05, 0) is 24.6 Å². The van der Waals surface area contributed by atoms with E-state index in [-0.39, 0.29) is 5.78 Å². The second-order valence-corrected chi connectivity index (χ2v) is 3.02. The fourth-order valence-electron chi connectivity index (χ4n) is 1.15. The van der Waals surface area contributed by atoms with Crippen LogP contribution in [0.25, 0.3) is 0 Å². The van der Waals surface area contributed by atoms with Gasteiger partial charge >= 0.3 is 0 Å². The molecule has 76 valence electrons. The summed E-state index contributed by atoms with van der Waals surface area (Å²) in [5, 5.41) is 0. The molecule has 3 nitrogen and oxygen atoms in total. The zero-order valence-corrected chi connectivity index (χ0v) is 8.40. The highest BCUT2D eigenvalue weighted by molar-refractivity contribution is 5.80. The van der Waals surface area contributed by atoms with Crippen LogP contribution in [0.4, 0.5) is 0 Å². The second kappa shape index (κ2) is 6.27. The van der Waals surface area contributed by atoms with Gasteiger partial charge < -0.3 is 4.74 Å². The van der Waals surface area contributed by atoms with Gasteiger partial charge in [0.2, 0.25) is 0 Å². The number of pyridine rings is 1. The molecule has 3 heteroatoms. The lowest BCUT2D eigenvalue weighted by Gasteiger charge is -2.01. The Bertz CT molecular complexity index is 272. The van der Waals surface area contributed by atoms with Gasteiger partial charge in [-0.25, -0.2) is 0 Å². The minimum absolute atomic E-state index is 0.213. The Kier molecular flexibility index (Phi) is 4.86. The van der Waals surface area contributed by atoms with Gasteiger partial charge in [0.05, 0.1) is 6.61 Å². The summed E-state index contributed by atoms with van der Waals surface area (Å²) in [4.78, 5) is 15.3. The van der Waals surface area contributed by atoms with Crippen LogP contribution in [-0.4, -0.2) is 24.0 Å². The second-order valence-electron chi connectivity index (χ2n) is 3.02. The van der Waals surface area contributed by atoms with Crippen molar-refractivity contribution in [1.29, 1.82) is 0 Å². The molecule has 1 aromatic rings. The Morgan fingerprint density at radius 3 is 2.79 bits per heavy atom. The minimum atomic E-state index is 0.213. The van der Waals surface area contributed by atoms with Gasteiger partial charge in [0.15, 0.2) is 0 Å². The van der Waals surface area contributed by atoms with Crippen LogP contribution in [-0.2, 0) is 16.0 Å². The van der Waals surface area contributed by atoms with E-state index in [0.29, 0.717) is 26.1 Å². The molecule has 14 heavy (non-hydrogen) atoms. The van der Waals surface area contributed by atoms with Crippen molar-refractivity contribution in [3.8, 4) is 0 Å². The number of hydrogen-bond acceptors (Lipinski definition) is 3. The minimum Gasteiger partial charge on any atom is -0.381 e. The summed E-state index contributed by atoms with van der Waals surface area (Å²) < 4.78 is 5.11. The van der Waals surface area contributed by atoms with E-state index in [1.54, 1.807) is 12.4 Å². The van der Waals surface area contributed by atoms with Gasteiger partial charge in [0.25, 0.3) is 0 Å². The summed E-state index contributed by atoms with van der Waals surface area (Å²) in [6.45, 7) is 3.12. The first-order chi connectivity index (χ1) is 6.83. The first-order valence-corrected chi connectivity index (χ1v) is 4.81. The number of carbonyl (C=O) groups is 1. The Morgan fingerprint density at radius 2 is 2.14 bits per heavy atom. The molecule has 1 rings (SSSR count). The third kappa shape index (κ3) is 4.14. The van der Waals surface area contributed by atoms with E-state index >= 15 is 0 Å². The predicted octanol–water partition coefficient (Wildman–Crippen LogP) is 1.62. The molecule has 1 heterocycles. The molecule has 0 aromatic carbocycles. The van der Waals surface area contributed by atoms with E-state index in [1.165, 1.54) is 0 Å². The van der Waals surface area contributed by atoms with Gasteiger partial charge in [0.1, 0.15) is 5.78 Å². The molecule has 0 atom stereocenters. The predicted molar refractivity (Wildman–Crippen MR) is 54.1 cm³/mol. The first-order valence-electron chi connectivity index (χ1n) is 4.81. The van der Waals surface area contributed by atoms with Crippen molar-refractivity contribution >= 4 is 5.78 Å². The average molecular weight is 193 g/mol. The first kappa shape index (κ1) is 10.9. The topological polar surface area (TPSA) is 39.2 Å². The Labute approximate surface area is 84.1 Å². The highest BCUT2D eigenvalue weighted by Crippen LogP contribution is 2.00. The number of rotatable bonds is 6. The third-order valence-corrected chi connectivity index (χ3v) is 1.88. The van der Waals surface area contributed by atoms with E-state index in [1.807, 2.05) is 19.1 Å². The highest BCUT2D eigenvalue weighted by atomic mass is 16.5. The number of carbonyl (C=O) groups excluding carboxylic acids is 1. The van der Waals surface area contributed by atoms with E-state index in [9.17, 15) is 4.79 Å². The molecular weight excluding hydrogens is 178 g/mol. The van der Waals surface area contributed by atoms with E-state index in [2.05, 4.69) is 4.98 Å². The van der Waals surface area contributed by atoms with Crippen molar-refractivity contribution in [2.75, 3.05) is 13.2 Å². The monoisotopic (exact) mass is 193 g/mol. The number of Topliss-reactive ketones (excluding diaryl/α,β-unsaturated/α-hetero) is 1. The summed E-state index contributed by atoms with van der Waals surface area (Å²) in [5.74, 6) is 0.213. The van der Waals surface area contributed by atoms with Gasteiger partial charge in [-0.1, -0.05) is 0 Å². The summed E-state index contributed by atoms with van der Waals surface area (Å²) in [6.07, 6.45) is 4.38. The molecular formula is C11H15NO2. The summed E-state index contributed by atoms with van der Waals surface area (Å²) in [6, 6.07) is 3.72. The smallest absolute Gasteiger partial charge is 0.139 e. The van der Waals surface area contributed by atoms with Crippen molar-refractivity contribution in [1.82, 2.24) is 4.98 Å². The molecule has 0 spiro atoms. The number of ketones is 1. The quantitative estimate of drug-likeness (QED) is 0.644. The molecule has 1 aromatic heterocycles. The Balaban J connectivity index is 2.27. The SMILES string of the molecule is CCOCCC(=O)Cc1ccncc1. The maximum Gasteiger partial charge on any atom is 0.139 e. The molecule has 0 N–H and O–H groups in total. The van der Waals surface area contributed by atoms with Crippen molar-refractivity contribution in [2.24, 2.45) is 0 Å². The Hall–Kier alpha value is -1.22. The number of aromatic nitrogens is 1. The summed E-state index contributed by atoms with van der Waals surface area (Å²) >= 11 is 0. The number of hydrogen-bond donors (Lipinski definition) is 0. The van der Waals surface area contributed by atoms with Gasteiger partial charge in [-0.15, -0.1) is 0 Å². The van der Waals surface area contributed by atoms with E-state index in [0.717, 1.165) is 5.56 Å². The van der Waals surface area contributed by atoms with E-state index < -0.39 is 0 Å². The molecule has 0 amide bonds. The standard InChI is InChI=1S/C11H15NO2/c1-2-14-8-5-11(13)9-10-3-6-12-7-4-10/h3-4,6-7H,2,5,8-9H2,1H3. The van der Waals surface area contributed by atoms with Gasteiger partial charge in [-0.2, -0.15) is 0 Å². The van der Waals surface area contributed by atoms with Crippen LogP contribution in [0.5, 0.6) is 0 Å². The third-order valence-electron chi connectivity index (χ3n) is 1.88.